The molecule has 0 aromatic carbocycles. The van der Waals surface area contributed by atoms with Gasteiger partial charge in [-0.2, -0.15) is 0 Å². The normalized spacial score (nSPS) is 22.4. The van der Waals surface area contributed by atoms with Gasteiger partial charge in [-0.15, -0.1) is 0 Å². The maximum Gasteiger partial charge on any atom is 0.323 e. The molecule has 0 radical (unpaired) electrons. The fraction of sp³-hybridized carbons (Fsp3) is 0.250. The first-order valence-corrected chi connectivity index (χ1v) is 2.77. The first kappa shape index (κ1) is 7.32. The van der Waals surface area contributed by atoms with Crippen LogP contribution in [0.4, 0.5) is 9.59 Å². The highest BCUT2D eigenvalue weighted by molar-refractivity contribution is 6.05. The molecule has 60 valence electrons. The van der Waals surface area contributed by atoms with Crippen LogP contribution < -0.4 is 21.7 Å². The molecule has 1 aliphatic heterocycles. The number of nitrogens with two attached hydrogens (primary N) is 1. The Morgan fingerprint density at radius 3 is 2.55 bits per heavy atom. The second kappa shape index (κ2) is 2.45. The number of amides is 5. The van der Waals surface area contributed by atoms with Gasteiger partial charge in [-0.3, -0.25) is 10.1 Å². The monoisotopic (exact) mass is 164 g/mol. The predicted molar refractivity (Wildman–Crippen MR) is 33.2 cm³/mol. The van der Waals surface area contributed by atoms with Gasteiger partial charge in [0.25, 0.3) is 5.91 Å². The Morgan fingerprint density at radius 1 is 1.55 bits per heavy atom. The Bertz CT molecular complexity index is 225. The lowest BCUT2D eigenvalue weighted by Gasteiger charge is -2.05. The van der Waals surface area contributed by atoms with Crippen molar-refractivity contribution in [3.05, 3.63) is 0 Å². The van der Waals surface area contributed by atoms with E-state index < -0.39 is 24.1 Å². The molecular weight excluding hydrogens is 158 g/mol. The van der Waals surface area contributed by atoms with Crippen molar-refractivity contribution in [2.24, 2.45) is 5.73 Å². The van der Waals surface area contributed by atoms with E-state index in [1.54, 1.807) is 0 Å². The van der Waals surface area contributed by atoms with E-state index in [9.17, 15) is 14.4 Å². The molecule has 5 N–H and O–H groups in total. The van der Waals surface area contributed by atoms with E-state index in [4.69, 9.17) is 5.73 Å². The Balaban J connectivity index is 2.53. The molecule has 0 spiro atoms. The molecule has 1 rings (SSSR count). The minimum absolute atomic E-state index is 0.617. The SMILES string of the molecule is [15NH2][13C](=O)[15NH]C1[15NH][13C](=O)[15NH]C1=O. The van der Waals surface area contributed by atoms with Crippen molar-refractivity contribution in [3.63, 3.8) is 0 Å². The molecule has 1 unspecified atom stereocenters. The zero-order valence-corrected chi connectivity index (χ0v) is 5.38. The molecule has 1 saturated heterocycles. The van der Waals surface area contributed by atoms with Crippen LogP contribution in [0.15, 0.2) is 0 Å². The van der Waals surface area contributed by atoms with Crippen LogP contribution in [0.25, 0.3) is 0 Å². The maximum atomic E-state index is 10.7. The van der Waals surface area contributed by atoms with Crippen LogP contribution in [0.2, 0.25) is 0 Å². The topological polar surface area (TPSA) is 113 Å². The number of hydrogen-bond donors (Lipinski definition) is 4. The van der Waals surface area contributed by atoms with Crippen LogP contribution in [0.3, 0.4) is 0 Å². The number of urea groups is 2. The van der Waals surface area contributed by atoms with E-state index in [1.807, 2.05) is 10.6 Å². The van der Waals surface area contributed by atoms with Gasteiger partial charge in [0.15, 0.2) is 6.17 Å². The maximum absolute atomic E-state index is 10.7. The van der Waals surface area contributed by atoms with Crippen molar-refractivity contribution in [3.8, 4) is 0 Å². The summed E-state index contributed by atoms with van der Waals surface area (Å²) in [6.45, 7) is 0. The molecule has 1 heterocycles. The average Bonchev–Trinajstić information content (AvgIpc) is 2.09. The smallest absolute Gasteiger partial charge is 0.323 e. The Morgan fingerprint density at radius 2 is 2.18 bits per heavy atom. The highest BCUT2D eigenvalue weighted by atomic mass is 16.4. The fourth-order valence-corrected chi connectivity index (χ4v) is 0.661. The van der Waals surface area contributed by atoms with Gasteiger partial charge in [-0.1, -0.05) is 0 Å². The van der Waals surface area contributed by atoms with Gasteiger partial charge in [0, 0.05) is 0 Å². The van der Waals surface area contributed by atoms with Gasteiger partial charge in [0.2, 0.25) is 0 Å². The molecule has 0 aliphatic carbocycles. The third-order valence-corrected chi connectivity index (χ3v) is 1.06. The van der Waals surface area contributed by atoms with E-state index in [0.29, 0.717) is 0 Å². The van der Waals surface area contributed by atoms with Crippen LogP contribution in [0.5, 0.6) is 0 Å². The van der Waals surface area contributed by atoms with Crippen molar-refractivity contribution >= 4 is 18.0 Å². The molecule has 11 heavy (non-hydrogen) atoms. The Hall–Kier alpha value is -1.79. The number of rotatable bonds is 1. The molecule has 0 aromatic heterocycles. The summed E-state index contributed by atoms with van der Waals surface area (Å²) >= 11 is 0. The average molecular weight is 164 g/mol. The lowest BCUT2D eigenvalue weighted by Crippen LogP contribution is -2.48. The number of nitrogens with one attached hydrogen (secondary N) is 3. The molecule has 0 saturated carbocycles. The summed E-state index contributed by atoms with van der Waals surface area (Å²) < 4.78 is 0. The lowest BCUT2D eigenvalue weighted by atomic mass is 10.6. The largest absolute Gasteiger partial charge is 0.352 e. The third kappa shape index (κ3) is 1.57. The number of carbonyl (C=O) groups is 3. The molecule has 1 aliphatic rings. The lowest BCUT2D eigenvalue weighted by molar-refractivity contribution is -0.120. The van der Waals surface area contributed by atoms with Crippen molar-refractivity contribution in [2.75, 3.05) is 0 Å². The van der Waals surface area contributed by atoms with Gasteiger partial charge >= 0.3 is 12.1 Å². The molecular formula is C4H6N4O3. The summed E-state index contributed by atoms with van der Waals surface area (Å²) in [7, 11) is 0. The number of imide groups is 1. The molecule has 7 nitrogen and oxygen atoms in total. The molecule has 7 heteroatoms. The van der Waals surface area contributed by atoms with E-state index >= 15 is 0 Å². The minimum atomic E-state index is -1.04. The van der Waals surface area contributed by atoms with Crippen molar-refractivity contribution < 1.29 is 14.4 Å². The zero-order valence-electron chi connectivity index (χ0n) is 5.38. The summed E-state index contributed by atoms with van der Waals surface area (Å²) in [5.74, 6) is -0.617. The van der Waals surface area contributed by atoms with Crippen molar-refractivity contribution in [1.29, 1.82) is 0 Å². The summed E-state index contributed by atoms with van der Waals surface area (Å²) in [6, 6.07) is -1.51. The number of hydrogen-bond acceptors (Lipinski definition) is 3. The summed E-state index contributed by atoms with van der Waals surface area (Å²) in [6.07, 6.45) is -1.04. The highest BCUT2D eigenvalue weighted by Gasteiger charge is 2.29. The van der Waals surface area contributed by atoms with Crippen LogP contribution in [0, 0.1) is 0 Å². The minimum Gasteiger partial charge on any atom is -0.352 e. The van der Waals surface area contributed by atoms with Gasteiger partial charge in [0.1, 0.15) is 0 Å². The molecule has 1 fully saturated rings. The van der Waals surface area contributed by atoms with E-state index in [-0.39, 0.29) is 0 Å². The summed E-state index contributed by atoms with van der Waals surface area (Å²) in [5, 5.41) is 6.05. The van der Waals surface area contributed by atoms with E-state index in [2.05, 4.69) is 5.32 Å². The molecule has 1 atom stereocenters. The van der Waals surface area contributed by atoms with Crippen LogP contribution in [-0.2, 0) is 4.79 Å². The molecule has 5 amide bonds. The second-order valence-electron chi connectivity index (χ2n) is 1.90. The second-order valence-corrected chi connectivity index (χ2v) is 1.90. The number of carbonyl (C=O) groups excluding carboxylic acids is 3. The Labute approximate surface area is 61.3 Å². The van der Waals surface area contributed by atoms with E-state index in [0.717, 1.165) is 0 Å². The Kier molecular flexibility index (Phi) is 1.63. The quantitative estimate of drug-likeness (QED) is 0.201. The first-order chi connectivity index (χ1) is 5.09. The molecule has 0 bridgehead atoms. The van der Waals surface area contributed by atoms with Crippen molar-refractivity contribution in [2.45, 2.75) is 6.17 Å². The van der Waals surface area contributed by atoms with Crippen LogP contribution in [0.1, 0.15) is 0 Å². The molecule has 0 aromatic rings. The third-order valence-electron chi connectivity index (χ3n) is 1.06. The van der Waals surface area contributed by atoms with Gasteiger partial charge in [-0.25, -0.2) is 9.59 Å². The number of primary amides is 1. The summed E-state index contributed by atoms with van der Waals surface area (Å²) in [4.78, 5) is 31.3. The fourth-order valence-electron chi connectivity index (χ4n) is 0.661. The summed E-state index contributed by atoms with van der Waals surface area (Å²) in [5.41, 5.74) is 4.70. The highest BCUT2D eigenvalue weighted by Crippen LogP contribution is 1.86. The van der Waals surface area contributed by atoms with Crippen LogP contribution in [-0.4, -0.2) is 24.1 Å². The zero-order chi connectivity index (χ0) is 8.43. The van der Waals surface area contributed by atoms with E-state index in [1.165, 1.54) is 0 Å². The van der Waals surface area contributed by atoms with Gasteiger partial charge in [-0.05, 0) is 0 Å². The van der Waals surface area contributed by atoms with Crippen molar-refractivity contribution in [1.82, 2.24) is 16.0 Å². The van der Waals surface area contributed by atoms with Crippen LogP contribution >= 0.6 is 0 Å². The van der Waals surface area contributed by atoms with Gasteiger partial charge < -0.3 is 16.4 Å². The standard InChI is InChI=1S/C4H6N4O3/c5-3(10)6-1-2(9)8-4(11)7-1/h1H,(H3,5,6,10)(H2,7,8,9,11)/i3+1,4+1,5+1,6+1,7+1,8+1. The van der Waals surface area contributed by atoms with Gasteiger partial charge in [0.05, 0.1) is 0 Å². The first-order valence-electron chi connectivity index (χ1n) is 2.77. The predicted octanol–water partition coefficient (Wildman–Crippen LogP) is -2.18.